The highest BCUT2D eigenvalue weighted by Gasteiger charge is 2.56. The number of benzene rings is 6. The van der Waals surface area contributed by atoms with Crippen LogP contribution in [-0.2, 0) is 5.41 Å². The van der Waals surface area contributed by atoms with E-state index in [2.05, 4.69) is 161 Å². The SMILES string of the molecule is c1ccc(N(c2ccc(C34CC5CC(C3)C(C5)C4)cc2)c2ccc3c(c2)oc2ccc(N(c4ccccc4)c4ccccc4)cc23)cc1. The molecule has 7 aromatic rings. The summed E-state index contributed by atoms with van der Waals surface area (Å²) in [6.45, 7) is 0. The topological polar surface area (TPSA) is 19.6 Å². The lowest BCUT2D eigenvalue weighted by atomic mass is 9.66. The van der Waals surface area contributed by atoms with Crippen molar-refractivity contribution in [3.63, 3.8) is 0 Å². The third-order valence-corrected chi connectivity index (χ3v) is 11.7. The first-order valence-corrected chi connectivity index (χ1v) is 17.5. The number of anilines is 6. The summed E-state index contributed by atoms with van der Waals surface area (Å²) >= 11 is 0. The molecule has 3 nitrogen and oxygen atoms in total. The predicted molar refractivity (Wildman–Crippen MR) is 198 cm³/mol. The highest BCUT2D eigenvalue weighted by molar-refractivity contribution is 6.07. The van der Waals surface area contributed by atoms with Crippen molar-refractivity contribution < 1.29 is 4.42 Å². The molecule has 0 radical (unpaired) electrons. The largest absolute Gasteiger partial charge is 0.456 e. The molecule has 4 saturated carbocycles. The Morgan fingerprint density at radius 1 is 0.438 bits per heavy atom. The third kappa shape index (κ3) is 4.48. The van der Waals surface area contributed by atoms with E-state index >= 15 is 0 Å². The molecule has 2 unspecified atom stereocenters. The number of nitrogens with zero attached hydrogens (tertiary/aromatic N) is 2. The van der Waals surface area contributed by atoms with E-state index in [1.54, 1.807) is 5.56 Å². The van der Waals surface area contributed by atoms with E-state index in [0.29, 0.717) is 5.41 Å². The van der Waals surface area contributed by atoms with E-state index in [1.165, 1.54) is 37.8 Å². The van der Waals surface area contributed by atoms with Crippen LogP contribution in [0, 0.1) is 17.8 Å². The standard InChI is InChI=1S/C45H38N2O/c1-4-10-35(11-5-1)46(36-12-6-2-7-13-36)39-21-23-43-42(26-39)41-22-20-40(27-44(41)48-43)47(37-14-8-3-9-15-37)38-18-16-34(17-19-38)45-28-31-24-32(29-45)33(25-31)30-45/h1-23,26-27,31-33H,24-25,28-30H2. The monoisotopic (exact) mass is 622 g/mol. The maximum Gasteiger partial charge on any atom is 0.137 e. The van der Waals surface area contributed by atoms with Gasteiger partial charge in [0.05, 0.1) is 0 Å². The van der Waals surface area contributed by atoms with Gasteiger partial charge in [-0.1, -0.05) is 66.7 Å². The molecule has 0 N–H and O–H groups in total. The maximum absolute atomic E-state index is 6.56. The molecule has 4 fully saturated rings. The van der Waals surface area contributed by atoms with Crippen molar-refractivity contribution in [3.8, 4) is 0 Å². The van der Waals surface area contributed by atoms with Crippen molar-refractivity contribution in [2.45, 2.75) is 37.5 Å². The highest BCUT2D eigenvalue weighted by Crippen LogP contribution is 2.64. The van der Waals surface area contributed by atoms with Gasteiger partial charge in [0.25, 0.3) is 0 Å². The summed E-state index contributed by atoms with van der Waals surface area (Å²) in [4.78, 5) is 4.66. The van der Waals surface area contributed by atoms with E-state index < -0.39 is 0 Å². The number of furan rings is 1. The average molecular weight is 623 g/mol. The third-order valence-electron chi connectivity index (χ3n) is 11.7. The smallest absolute Gasteiger partial charge is 0.137 e. The Bertz CT molecular complexity index is 2180. The average Bonchev–Trinajstić information content (AvgIpc) is 3.73. The number of hydrogen-bond donors (Lipinski definition) is 0. The van der Waals surface area contributed by atoms with Crippen molar-refractivity contribution in [2.24, 2.45) is 17.8 Å². The normalized spacial score (nSPS) is 22.5. The van der Waals surface area contributed by atoms with Gasteiger partial charge in [0.2, 0.25) is 0 Å². The highest BCUT2D eigenvalue weighted by atomic mass is 16.3. The van der Waals surface area contributed by atoms with Gasteiger partial charge >= 0.3 is 0 Å². The summed E-state index contributed by atoms with van der Waals surface area (Å²) in [5, 5.41) is 2.23. The first-order chi connectivity index (χ1) is 23.7. The van der Waals surface area contributed by atoms with E-state index in [9.17, 15) is 0 Å². The predicted octanol–water partition coefficient (Wildman–Crippen LogP) is 12.6. The summed E-state index contributed by atoms with van der Waals surface area (Å²) in [6, 6.07) is 54.6. The molecule has 0 amide bonds. The Labute approximate surface area is 282 Å². The Morgan fingerprint density at radius 3 is 1.50 bits per heavy atom. The van der Waals surface area contributed by atoms with Crippen LogP contribution in [0.2, 0.25) is 0 Å². The number of rotatable bonds is 7. The summed E-state index contributed by atoms with van der Waals surface area (Å²) in [6.07, 6.45) is 7.15. The van der Waals surface area contributed by atoms with Crippen LogP contribution >= 0.6 is 0 Å². The zero-order chi connectivity index (χ0) is 31.7. The van der Waals surface area contributed by atoms with Crippen LogP contribution in [0.4, 0.5) is 34.1 Å². The van der Waals surface area contributed by atoms with Gasteiger partial charge in [0, 0.05) is 51.0 Å². The molecule has 234 valence electrons. The lowest BCUT2D eigenvalue weighted by Gasteiger charge is -2.39. The van der Waals surface area contributed by atoms with Gasteiger partial charge in [-0.15, -0.1) is 0 Å². The van der Waals surface area contributed by atoms with Crippen LogP contribution in [0.15, 0.2) is 156 Å². The minimum Gasteiger partial charge on any atom is -0.456 e. The molecule has 0 spiro atoms. The van der Waals surface area contributed by atoms with Crippen LogP contribution in [0.1, 0.15) is 37.7 Å². The van der Waals surface area contributed by atoms with Gasteiger partial charge in [-0.05, 0) is 140 Å². The molecule has 3 heteroatoms. The second kappa shape index (κ2) is 10.9. The molecule has 48 heavy (non-hydrogen) atoms. The van der Waals surface area contributed by atoms with Crippen molar-refractivity contribution in [1.82, 2.24) is 0 Å². The molecule has 0 aliphatic heterocycles. The molecule has 4 aliphatic rings. The number of fused-ring (bicyclic) bond motifs is 3. The minimum atomic E-state index is 0.412. The van der Waals surface area contributed by atoms with Crippen molar-refractivity contribution >= 4 is 56.1 Å². The van der Waals surface area contributed by atoms with Crippen LogP contribution in [0.25, 0.3) is 21.9 Å². The van der Waals surface area contributed by atoms with E-state index in [4.69, 9.17) is 4.42 Å². The van der Waals surface area contributed by atoms with Gasteiger partial charge in [0.1, 0.15) is 11.2 Å². The Balaban J connectivity index is 1.04. The Morgan fingerprint density at radius 2 is 0.938 bits per heavy atom. The molecular weight excluding hydrogens is 585 g/mol. The van der Waals surface area contributed by atoms with Crippen molar-refractivity contribution in [3.05, 3.63) is 157 Å². The lowest BCUT2D eigenvalue weighted by molar-refractivity contribution is 0.229. The first-order valence-electron chi connectivity index (χ1n) is 17.5. The Hall–Kier alpha value is -5.28. The zero-order valence-corrected chi connectivity index (χ0v) is 27.0. The maximum atomic E-state index is 6.56. The fourth-order valence-corrected chi connectivity index (χ4v) is 9.79. The van der Waals surface area contributed by atoms with Crippen molar-refractivity contribution in [2.75, 3.05) is 9.80 Å². The molecule has 6 aromatic carbocycles. The van der Waals surface area contributed by atoms with Crippen LogP contribution < -0.4 is 9.80 Å². The van der Waals surface area contributed by atoms with Gasteiger partial charge < -0.3 is 14.2 Å². The quantitative estimate of drug-likeness (QED) is 0.176. The summed E-state index contributed by atoms with van der Waals surface area (Å²) in [5.74, 6) is 2.89. The molecule has 4 aliphatic carbocycles. The number of hydrogen-bond acceptors (Lipinski definition) is 3. The molecule has 11 rings (SSSR count). The van der Waals surface area contributed by atoms with Gasteiger partial charge in [-0.25, -0.2) is 0 Å². The fraction of sp³-hybridized carbons (Fsp3) is 0.200. The molecular formula is C45H38N2O. The van der Waals surface area contributed by atoms with E-state index in [-0.39, 0.29) is 0 Å². The molecule has 1 aromatic heterocycles. The zero-order valence-electron chi connectivity index (χ0n) is 27.0. The molecule has 4 bridgehead atoms. The second-order valence-electron chi connectivity index (χ2n) is 14.4. The van der Waals surface area contributed by atoms with Crippen LogP contribution in [-0.4, -0.2) is 0 Å². The van der Waals surface area contributed by atoms with Gasteiger partial charge in [-0.3, -0.25) is 0 Å². The first kappa shape index (κ1) is 27.8. The van der Waals surface area contributed by atoms with Crippen LogP contribution in [0.5, 0.6) is 0 Å². The summed E-state index contributed by atoms with van der Waals surface area (Å²) in [5.41, 5.74) is 10.5. The molecule has 2 atom stereocenters. The fourth-order valence-electron chi connectivity index (χ4n) is 9.79. The molecule has 1 heterocycles. The lowest BCUT2D eigenvalue weighted by Crippen LogP contribution is -2.31. The summed E-state index contributed by atoms with van der Waals surface area (Å²) in [7, 11) is 0. The van der Waals surface area contributed by atoms with Gasteiger partial charge in [-0.2, -0.15) is 0 Å². The van der Waals surface area contributed by atoms with Crippen molar-refractivity contribution in [1.29, 1.82) is 0 Å². The van der Waals surface area contributed by atoms with Crippen LogP contribution in [0.3, 0.4) is 0 Å². The Kier molecular flexibility index (Phi) is 6.30. The van der Waals surface area contributed by atoms with E-state index in [1.807, 2.05) is 0 Å². The number of para-hydroxylation sites is 3. The summed E-state index contributed by atoms with van der Waals surface area (Å²) < 4.78 is 6.56. The minimum absolute atomic E-state index is 0.412. The molecule has 0 saturated heterocycles. The second-order valence-corrected chi connectivity index (χ2v) is 14.4. The van der Waals surface area contributed by atoms with Gasteiger partial charge in [0.15, 0.2) is 0 Å². The van der Waals surface area contributed by atoms with E-state index in [0.717, 1.165) is 68.1 Å².